The summed E-state index contributed by atoms with van der Waals surface area (Å²) in [4.78, 5) is 4.38. The second-order valence-corrected chi connectivity index (χ2v) is 4.93. The predicted octanol–water partition coefficient (Wildman–Crippen LogP) is 4.69. The van der Waals surface area contributed by atoms with E-state index in [1.165, 1.54) is 12.1 Å². The summed E-state index contributed by atoms with van der Waals surface area (Å²) in [5.74, 6) is 0.491. The van der Waals surface area contributed by atoms with E-state index in [1.54, 1.807) is 12.3 Å². The van der Waals surface area contributed by atoms with Gasteiger partial charge in [0.15, 0.2) is 0 Å². The molecule has 0 aliphatic carbocycles. The van der Waals surface area contributed by atoms with Crippen molar-refractivity contribution in [1.29, 1.82) is 0 Å². The Morgan fingerprint density at radius 3 is 2.76 bits per heavy atom. The summed E-state index contributed by atoms with van der Waals surface area (Å²) in [7, 11) is 0. The standard InChI is InChI=1S/C17H13ClFNO/c18-10-14-9-15(19)6-7-16(14)21-11-13-4-1-3-12-5-2-8-20-17(12)13/h1-9H,10-11H2. The number of alkyl halides is 1. The zero-order chi connectivity index (χ0) is 14.7. The maximum atomic E-state index is 13.2. The van der Waals surface area contributed by atoms with Crippen LogP contribution in [0.2, 0.25) is 0 Å². The van der Waals surface area contributed by atoms with Crippen LogP contribution in [0.3, 0.4) is 0 Å². The summed E-state index contributed by atoms with van der Waals surface area (Å²) in [6.45, 7) is 0.365. The number of pyridine rings is 1. The second kappa shape index (κ2) is 6.10. The highest BCUT2D eigenvalue weighted by molar-refractivity contribution is 6.17. The molecule has 0 N–H and O–H groups in total. The van der Waals surface area contributed by atoms with Crippen LogP contribution in [0.15, 0.2) is 54.7 Å². The molecule has 0 aliphatic heterocycles. The molecule has 2 nitrogen and oxygen atoms in total. The lowest BCUT2D eigenvalue weighted by Gasteiger charge is -2.11. The molecule has 0 amide bonds. The molecule has 0 unspecified atom stereocenters. The number of halogens is 2. The Hall–Kier alpha value is -2.13. The number of fused-ring (bicyclic) bond motifs is 1. The van der Waals surface area contributed by atoms with Gasteiger partial charge in [0.2, 0.25) is 0 Å². The number of ether oxygens (including phenoxy) is 1. The van der Waals surface area contributed by atoms with Crippen LogP contribution in [0.1, 0.15) is 11.1 Å². The molecule has 21 heavy (non-hydrogen) atoms. The fourth-order valence-corrected chi connectivity index (χ4v) is 2.44. The Morgan fingerprint density at radius 1 is 1.05 bits per heavy atom. The Morgan fingerprint density at radius 2 is 1.90 bits per heavy atom. The number of hydrogen-bond acceptors (Lipinski definition) is 2. The summed E-state index contributed by atoms with van der Waals surface area (Å²) in [6.07, 6.45) is 1.76. The Bertz CT molecular complexity index is 770. The average molecular weight is 302 g/mol. The molecule has 0 radical (unpaired) electrons. The Kier molecular flexibility index (Phi) is 4.02. The van der Waals surface area contributed by atoms with Crippen LogP contribution in [-0.2, 0) is 12.5 Å². The van der Waals surface area contributed by atoms with Gasteiger partial charge < -0.3 is 4.74 Å². The third-order valence-electron chi connectivity index (χ3n) is 3.27. The normalized spacial score (nSPS) is 10.8. The van der Waals surface area contributed by atoms with Crippen molar-refractivity contribution in [3.8, 4) is 5.75 Å². The lowest BCUT2D eigenvalue weighted by molar-refractivity contribution is 0.304. The lowest BCUT2D eigenvalue weighted by Crippen LogP contribution is -2.00. The van der Waals surface area contributed by atoms with Gasteiger partial charge in [-0.25, -0.2) is 4.39 Å². The molecule has 106 valence electrons. The van der Waals surface area contributed by atoms with E-state index < -0.39 is 0 Å². The zero-order valence-corrected chi connectivity index (χ0v) is 12.0. The number of aromatic nitrogens is 1. The summed E-state index contributed by atoms with van der Waals surface area (Å²) in [6, 6.07) is 14.2. The van der Waals surface area contributed by atoms with Gasteiger partial charge in [0, 0.05) is 22.7 Å². The van der Waals surface area contributed by atoms with Gasteiger partial charge in [0.25, 0.3) is 0 Å². The minimum Gasteiger partial charge on any atom is -0.488 e. The van der Waals surface area contributed by atoms with E-state index in [4.69, 9.17) is 16.3 Å². The van der Waals surface area contributed by atoms with E-state index in [9.17, 15) is 4.39 Å². The quantitative estimate of drug-likeness (QED) is 0.652. The average Bonchev–Trinajstić information content (AvgIpc) is 2.53. The molecule has 0 bridgehead atoms. The first-order valence-corrected chi connectivity index (χ1v) is 7.11. The Labute approximate surface area is 127 Å². The highest BCUT2D eigenvalue weighted by Crippen LogP contribution is 2.24. The fourth-order valence-electron chi connectivity index (χ4n) is 2.23. The molecule has 1 heterocycles. The minimum absolute atomic E-state index is 0.209. The van der Waals surface area contributed by atoms with Gasteiger partial charge in [-0.2, -0.15) is 0 Å². The van der Waals surface area contributed by atoms with Crippen molar-refractivity contribution in [2.75, 3.05) is 0 Å². The molecule has 0 fully saturated rings. The van der Waals surface area contributed by atoms with Crippen LogP contribution in [0.25, 0.3) is 10.9 Å². The van der Waals surface area contributed by atoms with Crippen LogP contribution in [0, 0.1) is 5.82 Å². The van der Waals surface area contributed by atoms with Gasteiger partial charge in [-0.05, 0) is 24.3 Å². The van der Waals surface area contributed by atoms with Gasteiger partial charge >= 0.3 is 0 Å². The van der Waals surface area contributed by atoms with E-state index in [2.05, 4.69) is 4.98 Å². The van der Waals surface area contributed by atoms with Crippen LogP contribution in [-0.4, -0.2) is 4.98 Å². The zero-order valence-electron chi connectivity index (χ0n) is 11.2. The molecule has 0 spiro atoms. The van der Waals surface area contributed by atoms with Crippen molar-refractivity contribution in [3.05, 3.63) is 71.7 Å². The third-order valence-corrected chi connectivity index (χ3v) is 3.55. The summed E-state index contributed by atoms with van der Waals surface area (Å²) in [5, 5.41) is 1.07. The van der Waals surface area contributed by atoms with E-state index in [1.807, 2.05) is 30.3 Å². The monoisotopic (exact) mass is 301 g/mol. The highest BCUT2D eigenvalue weighted by atomic mass is 35.5. The van der Waals surface area contributed by atoms with Crippen molar-refractivity contribution < 1.29 is 9.13 Å². The lowest BCUT2D eigenvalue weighted by atomic mass is 10.1. The fraction of sp³-hybridized carbons (Fsp3) is 0.118. The highest BCUT2D eigenvalue weighted by Gasteiger charge is 2.07. The first-order chi connectivity index (χ1) is 10.3. The number of para-hydroxylation sites is 1. The maximum absolute atomic E-state index is 13.2. The molecule has 0 saturated heterocycles. The summed E-state index contributed by atoms with van der Waals surface area (Å²) >= 11 is 5.82. The molecule has 0 saturated carbocycles. The van der Waals surface area contributed by atoms with Crippen LogP contribution < -0.4 is 4.74 Å². The van der Waals surface area contributed by atoms with E-state index in [0.717, 1.165) is 16.5 Å². The molecular formula is C17H13ClFNO. The number of nitrogens with zero attached hydrogens (tertiary/aromatic N) is 1. The molecular weight excluding hydrogens is 289 g/mol. The van der Waals surface area contributed by atoms with Crippen molar-refractivity contribution in [3.63, 3.8) is 0 Å². The Balaban J connectivity index is 1.87. The molecule has 1 aromatic heterocycles. The van der Waals surface area contributed by atoms with Gasteiger partial charge in [0.05, 0.1) is 11.4 Å². The molecule has 0 atom stereocenters. The van der Waals surface area contributed by atoms with Crippen molar-refractivity contribution >= 4 is 22.5 Å². The van der Waals surface area contributed by atoms with E-state index in [0.29, 0.717) is 17.9 Å². The van der Waals surface area contributed by atoms with Crippen LogP contribution >= 0.6 is 11.6 Å². The van der Waals surface area contributed by atoms with Gasteiger partial charge in [-0.3, -0.25) is 4.98 Å². The summed E-state index contributed by atoms with van der Waals surface area (Å²) < 4.78 is 19.0. The molecule has 3 aromatic rings. The molecule has 0 aliphatic rings. The minimum atomic E-state index is -0.315. The van der Waals surface area contributed by atoms with E-state index in [-0.39, 0.29) is 11.7 Å². The molecule has 4 heteroatoms. The van der Waals surface area contributed by atoms with Gasteiger partial charge in [-0.15, -0.1) is 11.6 Å². The van der Waals surface area contributed by atoms with Crippen molar-refractivity contribution in [1.82, 2.24) is 4.98 Å². The maximum Gasteiger partial charge on any atom is 0.124 e. The SMILES string of the molecule is Fc1ccc(OCc2cccc3cccnc23)c(CCl)c1. The number of rotatable bonds is 4. The van der Waals surface area contributed by atoms with Crippen molar-refractivity contribution in [2.24, 2.45) is 0 Å². The van der Waals surface area contributed by atoms with E-state index >= 15 is 0 Å². The molecule has 3 rings (SSSR count). The van der Waals surface area contributed by atoms with Gasteiger partial charge in [-0.1, -0.05) is 24.3 Å². The van der Waals surface area contributed by atoms with Crippen molar-refractivity contribution in [2.45, 2.75) is 12.5 Å². The molecule has 2 aromatic carbocycles. The first-order valence-electron chi connectivity index (χ1n) is 6.58. The summed E-state index contributed by atoms with van der Waals surface area (Å²) in [5.41, 5.74) is 2.54. The van der Waals surface area contributed by atoms with Crippen LogP contribution in [0.4, 0.5) is 4.39 Å². The number of benzene rings is 2. The number of hydrogen-bond donors (Lipinski definition) is 0. The van der Waals surface area contributed by atoms with Crippen LogP contribution in [0.5, 0.6) is 5.75 Å². The smallest absolute Gasteiger partial charge is 0.124 e. The first kappa shape index (κ1) is 13.8. The third kappa shape index (κ3) is 2.98. The second-order valence-electron chi connectivity index (χ2n) is 4.67. The topological polar surface area (TPSA) is 22.1 Å². The largest absolute Gasteiger partial charge is 0.488 e. The predicted molar refractivity (Wildman–Crippen MR) is 82.0 cm³/mol. The van der Waals surface area contributed by atoms with Gasteiger partial charge in [0.1, 0.15) is 18.2 Å².